The quantitative estimate of drug-likeness (QED) is 0.237. The van der Waals surface area contributed by atoms with Gasteiger partial charge in [-0.1, -0.05) is 68.4 Å². The molecule has 7 heteroatoms. The first-order valence-electron chi connectivity index (χ1n) is 12.3. The van der Waals surface area contributed by atoms with Crippen molar-refractivity contribution >= 4 is 11.6 Å². The lowest BCUT2D eigenvalue weighted by molar-refractivity contribution is 0.0992. The van der Waals surface area contributed by atoms with Gasteiger partial charge in [0.05, 0.1) is 18.4 Å². The molecule has 2 aromatic heterocycles. The molecule has 0 bridgehead atoms. The van der Waals surface area contributed by atoms with Crippen LogP contribution in [0.2, 0.25) is 0 Å². The van der Waals surface area contributed by atoms with E-state index in [-0.39, 0.29) is 23.6 Å². The lowest BCUT2D eigenvalue weighted by atomic mass is 9.78. The largest absolute Gasteiger partial charge is 0.486 e. The third kappa shape index (κ3) is 5.83. The number of carbonyl (C=O) groups excluding carboxylic acids is 1. The Hall–Kier alpha value is -4.65. The van der Waals surface area contributed by atoms with Gasteiger partial charge in [-0.3, -0.25) is 9.48 Å². The van der Waals surface area contributed by atoms with Crippen LogP contribution in [0.25, 0.3) is 0 Å². The normalized spacial score (nSPS) is 11.3. The Morgan fingerprint density at radius 2 is 1.74 bits per heavy atom. The van der Waals surface area contributed by atoms with Gasteiger partial charge in [-0.25, -0.2) is 4.39 Å². The number of nitrogens with one attached hydrogen (secondary N) is 1. The van der Waals surface area contributed by atoms with Crippen molar-refractivity contribution in [1.29, 1.82) is 0 Å². The smallest absolute Gasteiger partial charge is 0.291 e. The van der Waals surface area contributed by atoms with Crippen LogP contribution in [0.1, 0.15) is 46.9 Å². The second-order valence-corrected chi connectivity index (χ2v) is 9.58. The maximum Gasteiger partial charge on any atom is 0.291 e. The van der Waals surface area contributed by atoms with Crippen LogP contribution in [-0.2, 0) is 18.6 Å². The fraction of sp³-hybridized carbons (Fsp3) is 0.161. The summed E-state index contributed by atoms with van der Waals surface area (Å²) in [5.41, 5.74) is 3.59. The minimum absolute atomic E-state index is 0.126. The van der Waals surface area contributed by atoms with E-state index in [2.05, 4.69) is 60.7 Å². The molecule has 3 aromatic carbocycles. The molecule has 6 nitrogen and oxygen atoms in total. The molecule has 0 aliphatic heterocycles. The van der Waals surface area contributed by atoms with Crippen LogP contribution in [0.5, 0.6) is 5.75 Å². The molecule has 1 N–H and O–H groups in total. The number of ether oxygens (including phenoxy) is 1. The summed E-state index contributed by atoms with van der Waals surface area (Å²) in [6.45, 7) is 4.98. The Morgan fingerprint density at radius 3 is 2.50 bits per heavy atom. The molecule has 1 amide bonds. The molecule has 0 spiro atoms. The highest BCUT2D eigenvalue weighted by molar-refractivity contribution is 6.02. The molecule has 2 heterocycles. The molecule has 0 unspecified atom stereocenters. The molecule has 0 saturated carbocycles. The third-order valence-electron chi connectivity index (χ3n) is 6.46. The minimum Gasteiger partial charge on any atom is -0.486 e. The minimum atomic E-state index is -0.394. The highest BCUT2D eigenvalue weighted by Crippen LogP contribution is 2.32. The van der Waals surface area contributed by atoms with Gasteiger partial charge < -0.3 is 14.5 Å². The Balaban J connectivity index is 1.15. The van der Waals surface area contributed by atoms with Crippen LogP contribution in [0, 0.1) is 5.82 Å². The van der Waals surface area contributed by atoms with Gasteiger partial charge in [-0.2, -0.15) is 5.10 Å². The van der Waals surface area contributed by atoms with Crippen LogP contribution < -0.4 is 10.1 Å². The van der Waals surface area contributed by atoms with Crippen molar-refractivity contribution in [2.24, 2.45) is 0 Å². The number of aromatic nitrogens is 2. The molecule has 0 saturated heterocycles. The Labute approximate surface area is 220 Å². The van der Waals surface area contributed by atoms with E-state index >= 15 is 0 Å². The van der Waals surface area contributed by atoms with Crippen molar-refractivity contribution in [3.05, 3.63) is 137 Å². The number of amides is 1. The van der Waals surface area contributed by atoms with Gasteiger partial charge in [0.1, 0.15) is 23.9 Å². The maximum atomic E-state index is 13.4. The summed E-state index contributed by atoms with van der Waals surface area (Å²) in [7, 11) is 0. The number of rotatable bonds is 9. The van der Waals surface area contributed by atoms with Crippen LogP contribution >= 0.6 is 0 Å². The van der Waals surface area contributed by atoms with E-state index in [0.717, 1.165) is 5.56 Å². The third-order valence-corrected chi connectivity index (χ3v) is 6.46. The van der Waals surface area contributed by atoms with E-state index in [1.807, 2.05) is 24.3 Å². The number of nitrogens with zero attached hydrogens (tertiary/aromatic N) is 2. The Bertz CT molecular complexity index is 1520. The van der Waals surface area contributed by atoms with Gasteiger partial charge in [-0.05, 0) is 53.1 Å². The second-order valence-electron chi connectivity index (χ2n) is 9.58. The van der Waals surface area contributed by atoms with Gasteiger partial charge in [0, 0.05) is 11.6 Å². The fourth-order valence-corrected chi connectivity index (χ4v) is 4.25. The monoisotopic (exact) mass is 509 g/mol. The number of halogens is 1. The molecule has 0 aliphatic rings. The summed E-state index contributed by atoms with van der Waals surface area (Å²) in [5, 5.41) is 6.99. The summed E-state index contributed by atoms with van der Waals surface area (Å²) < 4.78 is 26.6. The van der Waals surface area contributed by atoms with Crippen molar-refractivity contribution in [3.63, 3.8) is 0 Å². The molecular formula is C31H28FN3O3. The van der Waals surface area contributed by atoms with Crippen LogP contribution in [-0.4, -0.2) is 15.7 Å². The van der Waals surface area contributed by atoms with Gasteiger partial charge in [-0.15, -0.1) is 0 Å². The Morgan fingerprint density at radius 1 is 0.974 bits per heavy atom. The van der Waals surface area contributed by atoms with Crippen molar-refractivity contribution in [2.45, 2.75) is 32.4 Å². The zero-order valence-corrected chi connectivity index (χ0v) is 21.2. The van der Waals surface area contributed by atoms with E-state index in [9.17, 15) is 9.18 Å². The van der Waals surface area contributed by atoms with Crippen LogP contribution in [0.15, 0.2) is 108 Å². The van der Waals surface area contributed by atoms with Gasteiger partial charge >= 0.3 is 0 Å². The summed E-state index contributed by atoms with van der Waals surface area (Å²) in [6, 6.07) is 28.0. The van der Waals surface area contributed by atoms with Crippen LogP contribution in [0.3, 0.4) is 0 Å². The lowest BCUT2D eigenvalue weighted by Gasteiger charge is -2.26. The molecular weight excluding hydrogens is 481 g/mol. The summed E-state index contributed by atoms with van der Waals surface area (Å²) >= 11 is 0. The van der Waals surface area contributed by atoms with Crippen molar-refractivity contribution < 1.29 is 18.3 Å². The summed E-state index contributed by atoms with van der Waals surface area (Å²) in [5.74, 6) is 0.719. The molecule has 0 fully saturated rings. The first kappa shape index (κ1) is 25.0. The number of furan rings is 1. The van der Waals surface area contributed by atoms with E-state index in [0.29, 0.717) is 23.7 Å². The van der Waals surface area contributed by atoms with Crippen molar-refractivity contribution in [2.75, 3.05) is 5.32 Å². The SMILES string of the molecule is CC(C)(c1ccccc1)c1ccc(OCc2ccc(C(=O)Nc3cnn(Cc4cccc(F)c4)c3)o2)cc1. The number of benzene rings is 3. The molecule has 38 heavy (non-hydrogen) atoms. The van der Waals surface area contributed by atoms with E-state index in [1.54, 1.807) is 29.1 Å². The lowest BCUT2D eigenvalue weighted by Crippen LogP contribution is -2.18. The fourth-order valence-electron chi connectivity index (χ4n) is 4.25. The molecule has 5 rings (SSSR count). The van der Waals surface area contributed by atoms with Gasteiger partial charge in [0.2, 0.25) is 0 Å². The number of carbonyl (C=O) groups is 1. The molecule has 0 aliphatic carbocycles. The predicted octanol–water partition coefficient (Wildman–Crippen LogP) is 6.82. The van der Waals surface area contributed by atoms with Gasteiger partial charge in [0.15, 0.2) is 5.76 Å². The highest BCUT2D eigenvalue weighted by Gasteiger charge is 2.22. The Kier molecular flexibility index (Phi) is 7.09. The van der Waals surface area contributed by atoms with E-state index in [1.165, 1.54) is 29.5 Å². The average Bonchev–Trinajstić information content (AvgIpc) is 3.58. The zero-order chi connectivity index (χ0) is 26.5. The highest BCUT2D eigenvalue weighted by atomic mass is 19.1. The van der Waals surface area contributed by atoms with E-state index in [4.69, 9.17) is 9.15 Å². The number of anilines is 1. The van der Waals surface area contributed by atoms with Crippen LogP contribution in [0.4, 0.5) is 10.1 Å². The number of hydrogen-bond donors (Lipinski definition) is 1. The topological polar surface area (TPSA) is 69.3 Å². The summed E-state index contributed by atoms with van der Waals surface area (Å²) in [6.07, 6.45) is 3.21. The zero-order valence-electron chi connectivity index (χ0n) is 21.2. The number of hydrogen-bond acceptors (Lipinski definition) is 4. The molecule has 0 atom stereocenters. The van der Waals surface area contributed by atoms with E-state index < -0.39 is 5.91 Å². The maximum absolute atomic E-state index is 13.4. The first-order valence-corrected chi connectivity index (χ1v) is 12.3. The average molecular weight is 510 g/mol. The first-order chi connectivity index (χ1) is 18.4. The predicted molar refractivity (Wildman–Crippen MR) is 144 cm³/mol. The standard InChI is InChI=1S/C31H28FN3O3/c1-31(2,23-8-4-3-5-9-23)24-11-13-27(14-12-24)37-21-28-15-16-29(38-28)30(36)34-26-18-33-35(20-26)19-22-7-6-10-25(32)17-22/h3-18,20H,19,21H2,1-2H3,(H,34,36). The van der Waals surface area contributed by atoms with Gasteiger partial charge in [0.25, 0.3) is 5.91 Å². The molecule has 192 valence electrons. The summed E-state index contributed by atoms with van der Waals surface area (Å²) in [4.78, 5) is 12.6. The van der Waals surface area contributed by atoms with Crippen molar-refractivity contribution in [3.8, 4) is 5.75 Å². The molecule has 5 aromatic rings. The van der Waals surface area contributed by atoms with Crippen molar-refractivity contribution in [1.82, 2.24) is 9.78 Å². The molecule has 0 radical (unpaired) electrons. The second kappa shape index (κ2) is 10.8.